The summed E-state index contributed by atoms with van der Waals surface area (Å²) in [5, 5.41) is 10.3. The summed E-state index contributed by atoms with van der Waals surface area (Å²) < 4.78 is 26.8. The van der Waals surface area contributed by atoms with Gasteiger partial charge in [-0.25, -0.2) is 8.78 Å². The molecule has 0 aliphatic heterocycles. The first kappa shape index (κ1) is 13.7. The van der Waals surface area contributed by atoms with E-state index in [1.807, 2.05) is 0 Å². The molecule has 0 spiro atoms. The predicted molar refractivity (Wildman–Crippen MR) is 71.1 cm³/mol. The van der Waals surface area contributed by atoms with Crippen LogP contribution in [0.3, 0.4) is 0 Å². The van der Waals surface area contributed by atoms with Crippen molar-refractivity contribution in [3.63, 3.8) is 0 Å². The first-order valence-corrected chi connectivity index (χ1v) is 6.11. The van der Waals surface area contributed by atoms with Gasteiger partial charge >= 0.3 is 0 Å². The smallest absolute Gasteiger partial charge is 0.129 e. The third kappa shape index (κ3) is 2.66. The van der Waals surface area contributed by atoms with Gasteiger partial charge in [0.25, 0.3) is 0 Å². The van der Waals surface area contributed by atoms with Gasteiger partial charge in [0.05, 0.1) is 0 Å². The largest absolute Gasteiger partial charge is 0.384 e. The van der Waals surface area contributed by atoms with Crippen molar-refractivity contribution < 1.29 is 13.9 Å². The Morgan fingerprint density at radius 3 is 1.89 bits per heavy atom. The van der Waals surface area contributed by atoms with Crippen LogP contribution in [0.15, 0.2) is 30.3 Å². The summed E-state index contributed by atoms with van der Waals surface area (Å²) in [6.07, 6.45) is -0.878. The van der Waals surface area contributed by atoms with Gasteiger partial charge in [-0.1, -0.05) is 24.3 Å². The lowest BCUT2D eigenvalue weighted by atomic mass is 9.96. The molecule has 0 radical (unpaired) electrons. The maximum absolute atomic E-state index is 13.6. The van der Waals surface area contributed by atoms with Crippen molar-refractivity contribution in [2.45, 2.75) is 26.9 Å². The van der Waals surface area contributed by atoms with Crippen molar-refractivity contribution in [2.24, 2.45) is 0 Å². The Labute approximate surface area is 111 Å². The Kier molecular flexibility index (Phi) is 3.67. The fraction of sp³-hybridized carbons (Fsp3) is 0.250. The van der Waals surface area contributed by atoms with Crippen LogP contribution in [0.2, 0.25) is 0 Å². The van der Waals surface area contributed by atoms with E-state index in [4.69, 9.17) is 0 Å². The highest BCUT2D eigenvalue weighted by atomic mass is 19.1. The van der Waals surface area contributed by atoms with Crippen LogP contribution < -0.4 is 0 Å². The molecular weight excluding hydrogens is 246 g/mol. The summed E-state index contributed by atoms with van der Waals surface area (Å²) in [4.78, 5) is 0. The standard InChI is InChI=1S/C16H16F2O/c1-9-6-12(4-5-14(9)17)16(19)13-7-10(2)15(18)11(3)8-13/h4-8,16,19H,1-3H3. The molecule has 0 fully saturated rings. The second-order valence-electron chi connectivity index (χ2n) is 4.88. The minimum absolute atomic E-state index is 0.258. The first-order valence-electron chi connectivity index (χ1n) is 6.11. The molecule has 2 aromatic carbocycles. The summed E-state index contributed by atoms with van der Waals surface area (Å²) in [6, 6.07) is 7.71. The van der Waals surface area contributed by atoms with Crippen molar-refractivity contribution in [3.8, 4) is 0 Å². The van der Waals surface area contributed by atoms with Gasteiger partial charge in [-0.05, 0) is 54.7 Å². The van der Waals surface area contributed by atoms with Gasteiger partial charge in [0.1, 0.15) is 17.7 Å². The number of hydrogen-bond acceptors (Lipinski definition) is 1. The Morgan fingerprint density at radius 1 is 0.842 bits per heavy atom. The summed E-state index contributed by atoms with van der Waals surface area (Å²) in [5.74, 6) is -0.561. The number of aliphatic hydroxyl groups excluding tert-OH is 1. The molecule has 19 heavy (non-hydrogen) atoms. The molecular formula is C16H16F2O. The molecule has 0 aliphatic rings. The molecule has 100 valence electrons. The highest BCUT2D eigenvalue weighted by Gasteiger charge is 2.14. The topological polar surface area (TPSA) is 20.2 Å². The van der Waals surface area contributed by atoms with E-state index >= 15 is 0 Å². The van der Waals surface area contributed by atoms with Gasteiger partial charge < -0.3 is 5.11 Å². The number of benzene rings is 2. The van der Waals surface area contributed by atoms with Crippen molar-refractivity contribution in [2.75, 3.05) is 0 Å². The molecule has 1 unspecified atom stereocenters. The molecule has 0 aromatic heterocycles. The van der Waals surface area contributed by atoms with Crippen LogP contribution in [-0.4, -0.2) is 5.11 Å². The molecule has 0 aliphatic carbocycles. The molecule has 1 nitrogen and oxygen atoms in total. The Morgan fingerprint density at radius 2 is 1.37 bits per heavy atom. The number of halogens is 2. The molecule has 0 saturated carbocycles. The quantitative estimate of drug-likeness (QED) is 0.868. The maximum Gasteiger partial charge on any atom is 0.129 e. The fourth-order valence-electron chi connectivity index (χ4n) is 2.17. The molecule has 2 aromatic rings. The molecule has 0 heterocycles. The lowest BCUT2D eigenvalue weighted by Gasteiger charge is -2.14. The summed E-state index contributed by atoms with van der Waals surface area (Å²) in [5.41, 5.74) is 2.68. The van der Waals surface area contributed by atoms with Crippen LogP contribution >= 0.6 is 0 Å². The van der Waals surface area contributed by atoms with Crippen LogP contribution in [0.5, 0.6) is 0 Å². The van der Waals surface area contributed by atoms with Gasteiger partial charge in [0.2, 0.25) is 0 Å². The van der Waals surface area contributed by atoms with E-state index in [2.05, 4.69) is 0 Å². The molecule has 2 rings (SSSR count). The van der Waals surface area contributed by atoms with E-state index in [0.29, 0.717) is 27.8 Å². The SMILES string of the molecule is Cc1cc(C(O)c2cc(C)c(F)c(C)c2)ccc1F. The van der Waals surface area contributed by atoms with Crippen molar-refractivity contribution in [1.82, 2.24) is 0 Å². The second kappa shape index (κ2) is 5.10. The van der Waals surface area contributed by atoms with Gasteiger partial charge in [0.15, 0.2) is 0 Å². The van der Waals surface area contributed by atoms with Crippen molar-refractivity contribution in [1.29, 1.82) is 0 Å². The van der Waals surface area contributed by atoms with Crippen LogP contribution in [0.25, 0.3) is 0 Å². The summed E-state index contributed by atoms with van der Waals surface area (Å²) in [6.45, 7) is 4.97. The van der Waals surface area contributed by atoms with E-state index in [1.54, 1.807) is 45.0 Å². The van der Waals surface area contributed by atoms with Crippen LogP contribution in [0.4, 0.5) is 8.78 Å². The van der Waals surface area contributed by atoms with Crippen LogP contribution in [-0.2, 0) is 0 Å². The minimum Gasteiger partial charge on any atom is -0.384 e. The highest BCUT2D eigenvalue weighted by Crippen LogP contribution is 2.26. The monoisotopic (exact) mass is 262 g/mol. The summed E-state index contributed by atoms with van der Waals surface area (Å²) in [7, 11) is 0. The van der Waals surface area contributed by atoms with Crippen molar-refractivity contribution in [3.05, 3.63) is 69.8 Å². The normalized spacial score (nSPS) is 12.5. The number of aliphatic hydroxyl groups is 1. The number of hydrogen-bond donors (Lipinski definition) is 1. The van der Waals surface area contributed by atoms with Gasteiger partial charge in [-0.15, -0.1) is 0 Å². The third-order valence-electron chi connectivity index (χ3n) is 3.27. The van der Waals surface area contributed by atoms with E-state index in [-0.39, 0.29) is 11.6 Å². The third-order valence-corrected chi connectivity index (χ3v) is 3.27. The van der Waals surface area contributed by atoms with Gasteiger partial charge in [-0.2, -0.15) is 0 Å². The zero-order valence-corrected chi connectivity index (χ0v) is 11.2. The molecule has 0 amide bonds. The molecule has 1 N–H and O–H groups in total. The van der Waals surface area contributed by atoms with Crippen LogP contribution in [0.1, 0.15) is 33.9 Å². The molecule has 1 atom stereocenters. The Balaban J connectivity index is 2.43. The predicted octanol–water partition coefficient (Wildman–Crippen LogP) is 3.97. The van der Waals surface area contributed by atoms with Crippen LogP contribution in [0, 0.1) is 32.4 Å². The molecule has 3 heteroatoms. The van der Waals surface area contributed by atoms with E-state index < -0.39 is 6.10 Å². The number of aryl methyl sites for hydroxylation is 3. The van der Waals surface area contributed by atoms with E-state index in [9.17, 15) is 13.9 Å². The zero-order chi connectivity index (χ0) is 14.2. The fourth-order valence-corrected chi connectivity index (χ4v) is 2.17. The first-order chi connectivity index (χ1) is 8.90. The van der Waals surface area contributed by atoms with Gasteiger partial charge in [-0.3, -0.25) is 0 Å². The highest BCUT2D eigenvalue weighted by molar-refractivity contribution is 5.37. The number of rotatable bonds is 2. The molecule has 0 bridgehead atoms. The van der Waals surface area contributed by atoms with Gasteiger partial charge in [0, 0.05) is 0 Å². The lowest BCUT2D eigenvalue weighted by Crippen LogP contribution is -2.03. The van der Waals surface area contributed by atoms with E-state index in [0.717, 1.165) is 0 Å². The Bertz CT molecular complexity index is 597. The van der Waals surface area contributed by atoms with E-state index in [1.165, 1.54) is 6.07 Å². The maximum atomic E-state index is 13.6. The average molecular weight is 262 g/mol. The average Bonchev–Trinajstić information content (AvgIpc) is 2.37. The van der Waals surface area contributed by atoms with Crippen molar-refractivity contribution >= 4 is 0 Å². The molecule has 0 saturated heterocycles. The minimum atomic E-state index is -0.878. The lowest BCUT2D eigenvalue weighted by molar-refractivity contribution is 0.220. The second-order valence-corrected chi connectivity index (χ2v) is 4.88. The zero-order valence-electron chi connectivity index (χ0n) is 11.2. The summed E-state index contributed by atoms with van der Waals surface area (Å²) >= 11 is 0. The Hall–Kier alpha value is -1.74.